The molecule has 4 nitrogen and oxygen atoms in total. The molecule has 4 heteroatoms. The van der Waals surface area contributed by atoms with Crippen molar-refractivity contribution in [2.45, 2.75) is 19.3 Å². The Morgan fingerprint density at radius 3 is 2.60 bits per heavy atom. The summed E-state index contributed by atoms with van der Waals surface area (Å²) in [5.74, 6) is 0.549. The van der Waals surface area contributed by atoms with Crippen LogP contribution >= 0.6 is 0 Å². The first-order valence-corrected chi connectivity index (χ1v) is 3.29. The molecule has 0 radical (unpaired) electrons. The lowest BCUT2D eigenvalue weighted by molar-refractivity contribution is 0.285. The van der Waals surface area contributed by atoms with E-state index in [1.165, 1.54) is 0 Å². The second-order valence-corrected chi connectivity index (χ2v) is 1.93. The molecule has 0 aromatic rings. The van der Waals surface area contributed by atoms with Crippen LogP contribution < -0.4 is 0 Å². The van der Waals surface area contributed by atoms with Crippen molar-refractivity contribution in [3.8, 4) is 0 Å². The van der Waals surface area contributed by atoms with Crippen LogP contribution in [-0.2, 0) is 0 Å². The van der Waals surface area contributed by atoms with E-state index < -0.39 is 0 Å². The van der Waals surface area contributed by atoms with E-state index >= 15 is 0 Å². The molecule has 0 aliphatic heterocycles. The zero-order chi connectivity index (χ0) is 7.82. The number of unbranched alkanes of at least 4 members (excludes halogenated alkanes) is 1. The zero-order valence-corrected chi connectivity index (χ0v) is 6.17. The summed E-state index contributed by atoms with van der Waals surface area (Å²) in [5.41, 5.74) is 6.63. The zero-order valence-electron chi connectivity index (χ0n) is 6.17. The van der Waals surface area contributed by atoms with Crippen LogP contribution in [0.1, 0.15) is 19.3 Å². The van der Waals surface area contributed by atoms with Gasteiger partial charge in [0.05, 0.1) is 0 Å². The number of rotatable bonds is 4. The largest absolute Gasteiger partial charge is 0.396 e. The van der Waals surface area contributed by atoms with Crippen molar-refractivity contribution < 1.29 is 5.11 Å². The quantitative estimate of drug-likeness (QED) is 0.264. The van der Waals surface area contributed by atoms with Gasteiger partial charge in [-0.1, -0.05) is 0 Å². The maximum Gasteiger partial charge on any atom is 0.145 e. The molecule has 0 heterocycles. The fourth-order valence-electron chi connectivity index (χ4n) is 0.613. The van der Waals surface area contributed by atoms with Gasteiger partial charge in [0.15, 0.2) is 0 Å². The van der Waals surface area contributed by atoms with E-state index in [1.54, 1.807) is 7.05 Å². The SMILES string of the molecule is CN=C(CCCCO)N=N. The third-order valence-electron chi connectivity index (χ3n) is 1.20. The number of aliphatic imine (C=N–C) groups is 1. The highest BCUT2D eigenvalue weighted by molar-refractivity contribution is 5.81. The number of hydrogen-bond donors (Lipinski definition) is 2. The van der Waals surface area contributed by atoms with Crippen molar-refractivity contribution >= 4 is 5.84 Å². The van der Waals surface area contributed by atoms with Crippen molar-refractivity contribution in [3.05, 3.63) is 0 Å². The number of nitrogens with one attached hydrogen (secondary N) is 1. The van der Waals surface area contributed by atoms with Gasteiger partial charge in [-0.05, 0) is 12.8 Å². The summed E-state index contributed by atoms with van der Waals surface area (Å²) in [6, 6.07) is 0. The molecule has 0 saturated heterocycles. The van der Waals surface area contributed by atoms with Gasteiger partial charge < -0.3 is 5.11 Å². The Balaban J connectivity index is 3.36. The lowest BCUT2D eigenvalue weighted by atomic mass is 10.2. The van der Waals surface area contributed by atoms with E-state index in [4.69, 9.17) is 10.6 Å². The first-order chi connectivity index (χ1) is 4.85. The fraction of sp³-hybridized carbons (Fsp3) is 0.833. The summed E-state index contributed by atoms with van der Waals surface area (Å²) in [7, 11) is 1.62. The average Bonchev–Trinajstić information content (AvgIpc) is 1.99. The summed E-state index contributed by atoms with van der Waals surface area (Å²) in [6.45, 7) is 0.203. The highest BCUT2D eigenvalue weighted by Gasteiger charge is 1.93. The van der Waals surface area contributed by atoms with Crippen molar-refractivity contribution in [3.63, 3.8) is 0 Å². The molecule has 0 bridgehead atoms. The fourth-order valence-corrected chi connectivity index (χ4v) is 0.613. The van der Waals surface area contributed by atoms with E-state index in [0.717, 1.165) is 12.8 Å². The second kappa shape index (κ2) is 6.35. The van der Waals surface area contributed by atoms with Crippen molar-refractivity contribution in [2.75, 3.05) is 13.7 Å². The van der Waals surface area contributed by atoms with Crippen LogP contribution in [0.5, 0.6) is 0 Å². The molecular weight excluding hydrogens is 130 g/mol. The summed E-state index contributed by atoms with van der Waals surface area (Å²) >= 11 is 0. The van der Waals surface area contributed by atoms with Crippen LogP contribution in [0.2, 0.25) is 0 Å². The molecule has 0 atom stereocenters. The smallest absolute Gasteiger partial charge is 0.145 e. The predicted octanol–water partition coefficient (Wildman–Crippen LogP) is 1.21. The first kappa shape index (κ1) is 9.23. The molecular formula is C6H13N3O. The van der Waals surface area contributed by atoms with Gasteiger partial charge in [0.25, 0.3) is 0 Å². The van der Waals surface area contributed by atoms with Gasteiger partial charge in [0, 0.05) is 20.1 Å². The van der Waals surface area contributed by atoms with E-state index in [-0.39, 0.29) is 6.61 Å². The summed E-state index contributed by atoms with van der Waals surface area (Å²) in [4.78, 5) is 3.76. The Morgan fingerprint density at radius 1 is 1.50 bits per heavy atom. The lowest BCUT2D eigenvalue weighted by Crippen LogP contribution is -1.93. The van der Waals surface area contributed by atoms with Crippen molar-refractivity contribution in [2.24, 2.45) is 10.1 Å². The van der Waals surface area contributed by atoms with Crippen LogP contribution in [0.25, 0.3) is 0 Å². The molecule has 0 unspecified atom stereocenters. The molecule has 0 saturated carbocycles. The molecule has 0 aromatic heterocycles. The Hall–Kier alpha value is -0.770. The minimum absolute atomic E-state index is 0.203. The number of amidine groups is 1. The van der Waals surface area contributed by atoms with Crippen molar-refractivity contribution in [1.82, 2.24) is 0 Å². The Bertz CT molecular complexity index is 122. The summed E-state index contributed by atoms with van der Waals surface area (Å²) in [5, 5.41) is 11.6. The van der Waals surface area contributed by atoms with Crippen LogP contribution in [-0.4, -0.2) is 24.6 Å². The summed E-state index contributed by atoms with van der Waals surface area (Å²) < 4.78 is 0. The van der Waals surface area contributed by atoms with Gasteiger partial charge in [0.1, 0.15) is 5.84 Å². The highest BCUT2D eigenvalue weighted by atomic mass is 16.2. The topological polar surface area (TPSA) is 68.8 Å². The van der Waals surface area contributed by atoms with Crippen molar-refractivity contribution in [1.29, 1.82) is 5.53 Å². The molecule has 0 spiro atoms. The van der Waals surface area contributed by atoms with Gasteiger partial charge in [-0.15, -0.1) is 5.11 Å². The number of hydrogen-bond acceptors (Lipinski definition) is 3. The van der Waals surface area contributed by atoms with Crippen LogP contribution in [0, 0.1) is 5.53 Å². The minimum atomic E-state index is 0.203. The van der Waals surface area contributed by atoms with Gasteiger partial charge in [-0.3, -0.25) is 4.99 Å². The van der Waals surface area contributed by atoms with Gasteiger partial charge in [-0.2, -0.15) is 0 Å². The maximum atomic E-state index is 8.41. The van der Waals surface area contributed by atoms with Gasteiger partial charge in [-0.25, -0.2) is 5.53 Å². The Labute approximate surface area is 60.5 Å². The number of aliphatic hydroxyl groups is 1. The Morgan fingerprint density at radius 2 is 2.20 bits per heavy atom. The van der Waals surface area contributed by atoms with E-state index in [1.807, 2.05) is 0 Å². The number of nitrogens with zero attached hydrogens (tertiary/aromatic N) is 2. The number of aliphatic hydroxyl groups excluding tert-OH is 1. The third kappa shape index (κ3) is 4.14. The molecule has 58 valence electrons. The molecule has 0 aromatic carbocycles. The predicted molar refractivity (Wildman–Crippen MR) is 39.4 cm³/mol. The molecule has 0 amide bonds. The van der Waals surface area contributed by atoms with Gasteiger partial charge in [0.2, 0.25) is 0 Å². The van der Waals surface area contributed by atoms with E-state index in [9.17, 15) is 0 Å². The monoisotopic (exact) mass is 143 g/mol. The van der Waals surface area contributed by atoms with Crippen LogP contribution in [0.4, 0.5) is 0 Å². The molecule has 2 N–H and O–H groups in total. The average molecular weight is 143 g/mol. The molecule has 10 heavy (non-hydrogen) atoms. The lowest BCUT2D eigenvalue weighted by Gasteiger charge is -1.94. The van der Waals surface area contributed by atoms with Crippen LogP contribution in [0.15, 0.2) is 10.1 Å². The normalized spacial score (nSPS) is 11.6. The second-order valence-electron chi connectivity index (χ2n) is 1.93. The third-order valence-corrected chi connectivity index (χ3v) is 1.20. The molecule has 0 rings (SSSR count). The standard InChI is InChI=1S/C6H13N3O/c1-8-6(9-7)4-2-3-5-10/h7,10H,2-5H2,1H3. The maximum absolute atomic E-state index is 8.41. The first-order valence-electron chi connectivity index (χ1n) is 3.29. The highest BCUT2D eigenvalue weighted by Crippen LogP contribution is 1.97. The Kier molecular flexibility index (Phi) is 5.86. The molecule has 0 aliphatic rings. The van der Waals surface area contributed by atoms with Gasteiger partial charge >= 0.3 is 0 Å². The van der Waals surface area contributed by atoms with Crippen LogP contribution in [0.3, 0.4) is 0 Å². The van der Waals surface area contributed by atoms with E-state index in [2.05, 4.69) is 10.1 Å². The van der Waals surface area contributed by atoms with E-state index in [0.29, 0.717) is 12.3 Å². The summed E-state index contributed by atoms with van der Waals surface area (Å²) in [6.07, 6.45) is 2.31. The minimum Gasteiger partial charge on any atom is -0.396 e. The molecule has 0 aliphatic carbocycles. The molecule has 0 fully saturated rings.